The van der Waals surface area contributed by atoms with Gasteiger partial charge in [-0.1, -0.05) is 23.9 Å². The maximum Gasteiger partial charge on any atom is 0.277 e. The maximum absolute atomic E-state index is 12.2. The third-order valence-electron chi connectivity index (χ3n) is 3.65. The van der Waals surface area contributed by atoms with Gasteiger partial charge in [0.15, 0.2) is 0 Å². The van der Waals surface area contributed by atoms with Gasteiger partial charge in [0.2, 0.25) is 5.89 Å². The number of nitrogens with one attached hydrogen (secondary N) is 1. The number of hydrogen-bond donors (Lipinski definition) is 1. The van der Waals surface area contributed by atoms with Crippen molar-refractivity contribution in [1.29, 1.82) is 0 Å². The van der Waals surface area contributed by atoms with Crippen LogP contribution in [0.5, 0.6) is 0 Å². The molecule has 1 aromatic carbocycles. The number of pyridine rings is 1. The van der Waals surface area contributed by atoms with Gasteiger partial charge in [-0.05, 0) is 30.7 Å². The molecule has 0 aliphatic carbocycles. The van der Waals surface area contributed by atoms with Crippen LogP contribution in [-0.2, 0) is 5.75 Å². The molecule has 4 rings (SSSR count). The highest BCUT2D eigenvalue weighted by molar-refractivity contribution is 7.98. The van der Waals surface area contributed by atoms with E-state index in [2.05, 4.69) is 25.1 Å². The van der Waals surface area contributed by atoms with E-state index >= 15 is 0 Å². The lowest BCUT2D eigenvalue weighted by atomic mass is 10.1. The zero-order valence-corrected chi connectivity index (χ0v) is 14.1. The molecule has 0 atom stereocenters. The molecule has 0 aliphatic heterocycles. The van der Waals surface area contributed by atoms with E-state index in [1.54, 1.807) is 30.6 Å². The van der Waals surface area contributed by atoms with Gasteiger partial charge >= 0.3 is 0 Å². The fraction of sp³-hybridized carbons (Fsp3) is 0.118. The van der Waals surface area contributed by atoms with Crippen molar-refractivity contribution >= 4 is 22.7 Å². The summed E-state index contributed by atoms with van der Waals surface area (Å²) in [7, 11) is 0. The van der Waals surface area contributed by atoms with Crippen LogP contribution in [0, 0.1) is 6.92 Å². The lowest BCUT2D eigenvalue weighted by Crippen LogP contribution is -2.11. The number of hydrogen-bond acceptors (Lipinski definition) is 7. The summed E-state index contributed by atoms with van der Waals surface area (Å²) in [5.74, 6) is 1.43. The number of aryl methyl sites for hydroxylation is 1. The van der Waals surface area contributed by atoms with Crippen molar-refractivity contribution in [1.82, 2.24) is 25.1 Å². The molecule has 0 fully saturated rings. The van der Waals surface area contributed by atoms with Gasteiger partial charge in [0.1, 0.15) is 5.82 Å². The standard InChI is InChI=1S/C17H13N5O2S/c1-10-3-2-4-12-14(10)19-13(20-15(12)23)9-25-17-22-21-16(24-17)11-5-7-18-8-6-11/h2-8H,9H2,1H3,(H,19,20,23). The first-order valence-corrected chi connectivity index (χ1v) is 8.54. The van der Waals surface area contributed by atoms with Crippen molar-refractivity contribution in [3.63, 3.8) is 0 Å². The molecule has 124 valence electrons. The fourth-order valence-electron chi connectivity index (χ4n) is 2.43. The van der Waals surface area contributed by atoms with Crippen molar-refractivity contribution in [2.75, 3.05) is 0 Å². The van der Waals surface area contributed by atoms with E-state index in [0.717, 1.165) is 11.1 Å². The predicted molar refractivity (Wildman–Crippen MR) is 94.2 cm³/mol. The number of para-hydroxylation sites is 1. The van der Waals surface area contributed by atoms with Gasteiger partial charge in [0, 0.05) is 18.0 Å². The quantitative estimate of drug-likeness (QED) is 0.564. The Bertz CT molecular complexity index is 1090. The number of nitrogens with zero attached hydrogens (tertiary/aromatic N) is 4. The molecule has 0 unspecified atom stereocenters. The van der Waals surface area contributed by atoms with E-state index in [4.69, 9.17) is 4.42 Å². The monoisotopic (exact) mass is 351 g/mol. The molecular formula is C17H13N5O2S. The molecule has 0 radical (unpaired) electrons. The highest BCUT2D eigenvalue weighted by Gasteiger charge is 2.11. The SMILES string of the molecule is Cc1cccc2c(=O)[nH]c(CSc3nnc(-c4ccncc4)o3)nc12. The summed E-state index contributed by atoms with van der Waals surface area (Å²) in [5, 5.41) is 9.04. The van der Waals surface area contributed by atoms with Crippen LogP contribution in [0.15, 0.2) is 57.2 Å². The maximum atomic E-state index is 12.2. The Morgan fingerprint density at radius 1 is 1.16 bits per heavy atom. The first-order chi connectivity index (χ1) is 12.2. The Hall–Kier alpha value is -3.00. The Morgan fingerprint density at radius 3 is 2.84 bits per heavy atom. The average molecular weight is 351 g/mol. The van der Waals surface area contributed by atoms with E-state index in [9.17, 15) is 4.79 Å². The van der Waals surface area contributed by atoms with Crippen molar-refractivity contribution in [2.24, 2.45) is 0 Å². The van der Waals surface area contributed by atoms with Crippen LogP contribution < -0.4 is 5.56 Å². The van der Waals surface area contributed by atoms with Crippen LogP contribution >= 0.6 is 11.8 Å². The first kappa shape index (κ1) is 15.5. The second-order valence-electron chi connectivity index (χ2n) is 5.38. The van der Waals surface area contributed by atoms with Crippen molar-refractivity contribution in [3.05, 3.63) is 64.5 Å². The summed E-state index contributed by atoms with van der Waals surface area (Å²) in [6.07, 6.45) is 3.33. The number of rotatable bonds is 4. The molecular weight excluding hydrogens is 338 g/mol. The number of fused-ring (bicyclic) bond motifs is 1. The molecule has 7 nitrogen and oxygen atoms in total. The van der Waals surface area contributed by atoms with Gasteiger partial charge < -0.3 is 9.40 Å². The van der Waals surface area contributed by atoms with Crippen LogP contribution in [0.2, 0.25) is 0 Å². The summed E-state index contributed by atoms with van der Waals surface area (Å²) in [4.78, 5) is 23.5. The molecule has 25 heavy (non-hydrogen) atoms. The minimum absolute atomic E-state index is 0.146. The lowest BCUT2D eigenvalue weighted by molar-refractivity contribution is 0.465. The van der Waals surface area contributed by atoms with Crippen LogP contribution in [0.4, 0.5) is 0 Å². The van der Waals surface area contributed by atoms with Gasteiger partial charge in [0.05, 0.1) is 16.7 Å². The van der Waals surface area contributed by atoms with Gasteiger partial charge in [-0.25, -0.2) is 4.98 Å². The van der Waals surface area contributed by atoms with E-state index in [0.29, 0.717) is 33.6 Å². The summed E-state index contributed by atoms with van der Waals surface area (Å²) >= 11 is 1.32. The molecule has 3 heterocycles. The van der Waals surface area contributed by atoms with E-state index in [1.807, 2.05) is 19.1 Å². The Morgan fingerprint density at radius 2 is 2.00 bits per heavy atom. The molecule has 0 saturated heterocycles. The highest BCUT2D eigenvalue weighted by Crippen LogP contribution is 2.24. The second-order valence-corrected chi connectivity index (χ2v) is 6.31. The second kappa shape index (κ2) is 6.48. The smallest absolute Gasteiger partial charge is 0.277 e. The largest absolute Gasteiger partial charge is 0.411 e. The zero-order valence-electron chi connectivity index (χ0n) is 13.3. The summed E-state index contributed by atoms with van der Waals surface area (Å²) in [5.41, 5.74) is 2.34. The molecule has 3 aromatic heterocycles. The van der Waals surface area contributed by atoms with E-state index < -0.39 is 0 Å². The van der Waals surface area contributed by atoms with Crippen LogP contribution in [0.25, 0.3) is 22.4 Å². The van der Waals surface area contributed by atoms with Crippen molar-refractivity contribution in [2.45, 2.75) is 17.9 Å². The molecule has 0 saturated carbocycles. The third kappa shape index (κ3) is 3.16. The first-order valence-electron chi connectivity index (χ1n) is 7.56. The van der Waals surface area contributed by atoms with Crippen molar-refractivity contribution < 1.29 is 4.42 Å². The molecule has 0 aliphatic rings. The minimum atomic E-state index is -0.146. The Kier molecular flexibility index (Phi) is 4.02. The number of aromatic nitrogens is 5. The van der Waals surface area contributed by atoms with Gasteiger partial charge in [-0.2, -0.15) is 0 Å². The lowest BCUT2D eigenvalue weighted by Gasteiger charge is -2.03. The molecule has 0 amide bonds. The number of thioether (sulfide) groups is 1. The molecule has 0 spiro atoms. The highest BCUT2D eigenvalue weighted by atomic mass is 32.2. The fourth-order valence-corrected chi connectivity index (χ4v) is 3.06. The Balaban J connectivity index is 1.56. The van der Waals surface area contributed by atoms with Gasteiger partial charge in [-0.3, -0.25) is 9.78 Å². The molecule has 8 heteroatoms. The van der Waals surface area contributed by atoms with Gasteiger partial charge in [-0.15, -0.1) is 10.2 Å². The summed E-state index contributed by atoms with van der Waals surface area (Å²) in [6.45, 7) is 1.94. The predicted octanol–water partition coefficient (Wildman–Crippen LogP) is 2.97. The average Bonchev–Trinajstić information content (AvgIpc) is 3.11. The van der Waals surface area contributed by atoms with E-state index in [1.165, 1.54) is 11.8 Å². The minimum Gasteiger partial charge on any atom is -0.411 e. The van der Waals surface area contributed by atoms with Crippen LogP contribution in [0.1, 0.15) is 11.4 Å². The van der Waals surface area contributed by atoms with Crippen LogP contribution in [0.3, 0.4) is 0 Å². The molecule has 1 N–H and O–H groups in total. The van der Waals surface area contributed by atoms with Crippen molar-refractivity contribution in [3.8, 4) is 11.5 Å². The normalized spacial score (nSPS) is 11.1. The number of H-pyrrole nitrogens is 1. The number of aromatic amines is 1. The van der Waals surface area contributed by atoms with Crippen LogP contribution in [-0.4, -0.2) is 25.1 Å². The zero-order chi connectivity index (χ0) is 17.2. The summed E-state index contributed by atoms with van der Waals surface area (Å²) in [6, 6.07) is 9.15. The van der Waals surface area contributed by atoms with Gasteiger partial charge in [0.25, 0.3) is 10.8 Å². The number of benzene rings is 1. The summed E-state index contributed by atoms with van der Waals surface area (Å²) < 4.78 is 5.63. The molecule has 0 bridgehead atoms. The third-order valence-corrected chi connectivity index (χ3v) is 4.48. The Labute approximate surface area is 146 Å². The molecule has 4 aromatic rings. The van der Waals surface area contributed by atoms with E-state index in [-0.39, 0.29) is 5.56 Å². The topological polar surface area (TPSA) is 97.6 Å².